The highest BCUT2D eigenvalue weighted by Gasteiger charge is 2.17. The van der Waals surface area contributed by atoms with Crippen LogP contribution in [0.1, 0.15) is 19.4 Å². The number of halogens is 1. The van der Waals surface area contributed by atoms with Gasteiger partial charge in [-0.3, -0.25) is 4.79 Å². The van der Waals surface area contributed by atoms with Gasteiger partial charge in [0.2, 0.25) is 5.78 Å². The largest absolute Gasteiger partial charge is 0.496 e. The summed E-state index contributed by atoms with van der Waals surface area (Å²) in [5, 5.41) is 1.83. The number of rotatable bonds is 3. The standard InChI is InChI=1S/C11H9BrO2S2/c1-6-3-8(12)11(16-6)10(13)9-4-7(14-2)5-15-9/h3-5H,1-2H3. The van der Waals surface area contributed by atoms with E-state index in [2.05, 4.69) is 15.9 Å². The quantitative estimate of drug-likeness (QED) is 0.796. The van der Waals surface area contributed by atoms with Crippen LogP contribution in [0.2, 0.25) is 0 Å². The highest BCUT2D eigenvalue weighted by atomic mass is 79.9. The van der Waals surface area contributed by atoms with Gasteiger partial charge in [-0.15, -0.1) is 22.7 Å². The summed E-state index contributed by atoms with van der Waals surface area (Å²) in [4.78, 5) is 14.7. The summed E-state index contributed by atoms with van der Waals surface area (Å²) in [6, 6.07) is 3.73. The van der Waals surface area contributed by atoms with Crippen molar-refractivity contribution in [1.29, 1.82) is 0 Å². The first-order valence-electron chi connectivity index (χ1n) is 4.55. The number of hydrogen-bond acceptors (Lipinski definition) is 4. The summed E-state index contributed by atoms with van der Waals surface area (Å²) >= 11 is 6.31. The Balaban J connectivity index is 2.35. The molecule has 2 heterocycles. The second-order valence-corrected chi connectivity index (χ2v) is 6.24. The Morgan fingerprint density at radius 2 is 2.19 bits per heavy atom. The molecule has 5 heteroatoms. The lowest BCUT2D eigenvalue weighted by molar-refractivity contribution is 0.104. The Labute approximate surface area is 110 Å². The van der Waals surface area contributed by atoms with Crippen LogP contribution in [0.4, 0.5) is 0 Å². The van der Waals surface area contributed by atoms with E-state index in [0.29, 0.717) is 4.88 Å². The SMILES string of the molecule is COc1csc(C(=O)c2sc(C)cc2Br)c1. The van der Waals surface area contributed by atoms with Gasteiger partial charge in [-0.05, 0) is 28.9 Å². The second-order valence-electron chi connectivity index (χ2n) is 3.21. The van der Waals surface area contributed by atoms with Gasteiger partial charge in [-0.25, -0.2) is 0 Å². The smallest absolute Gasteiger partial charge is 0.214 e. The molecule has 2 aromatic heterocycles. The van der Waals surface area contributed by atoms with Crippen LogP contribution in [0, 0.1) is 6.92 Å². The maximum Gasteiger partial charge on any atom is 0.214 e. The average Bonchev–Trinajstić information content (AvgIpc) is 2.84. The van der Waals surface area contributed by atoms with Gasteiger partial charge in [0.1, 0.15) is 5.75 Å². The van der Waals surface area contributed by atoms with Crippen molar-refractivity contribution in [3.05, 3.63) is 36.6 Å². The highest BCUT2D eigenvalue weighted by molar-refractivity contribution is 9.10. The van der Waals surface area contributed by atoms with Crippen LogP contribution in [0.15, 0.2) is 22.0 Å². The fraction of sp³-hybridized carbons (Fsp3) is 0.182. The van der Waals surface area contributed by atoms with Crippen molar-refractivity contribution >= 4 is 44.4 Å². The molecular formula is C11H9BrO2S2. The van der Waals surface area contributed by atoms with Crippen LogP contribution < -0.4 is 4.74 Å². The van der Waals surface area contributed by atoms with Crippen molar-refractivity contribution in [3.8, 4) is 5.75 Å². The predicted octanol–water partition coefficient (Wildman–Crippen LogP) is 4.12. The Morgan fingerprint density at radius 3 is 2.69 bits per heavy atom. The topological polar surface area (TPSA) is 26.3 Å². The molecule has 0 spiro atoms. The predicted molar refractivity (Wildman–Crippen MR) is 71.1 cm³/mol. The van der Waals surface area contributed by atoms with Gasteiger partial charge in [-0.1, -0.05) is 0 Å². The van der Waals surface area contributed by atoms with Crippen molar-refractivity contribution in [3.63, 3.8) is 0 Å². The zero-order valence-electron chi connectivity index (χ0n) is 8.74. The van der Waals surface area contributed by atoms with Crippen LogP contribution in [-0.4, -0.2) is 12.9 Å². The molecule has 0 aliphatic rings. The first-order valence-corrected chi connectivity index (χ1v) is 7.04. The molecule has 0 saturated heterocycles. The number of methoxy groups -OCH3 is 1. The molecule has 0 N–H and O–H groups in total. The second kappa shape index (κ2) is 4.69. The zero-order chi connectivity index (χ0) is 11.7. The molecule has 0 saturated carbocycles. The highest BCUT2D eigenvalue weighted by Crippen LogP contribution is 2.31. The van der Waals surface area contributed by atoms with Crippen molar-refractivity contribution in [2.24, 2.45) is 0 Å². The number of carbonyl (C=O) groups is 1. The fourth-order valence-corrected chi connectivity index (χ4v) is 3.94. The van der Waals surface area contributed by atoms with E-state index in [1.54, 1.807) is 13.2 Å². The molecule has 2 rings (SSSR count). The maximum absolute atomic E-state index is 12.1. The molecule has 0 aliphatic heterocycles. The third-order valence-electron chi connectivity index (χ3n) is 2.05. The van der Waals surface area contributed by atoms with Gasteiger partial charge in [0.15, 0.2) is 0 Å². The van der Waals surface area contributed by atoms with Crippen molar-refractivity contribution in [1.82, 2.24) is 0 Å². The number of carbonyl (C=O) groups excluding carboxylic acids is 1. The molecule has 0 fully saturated rings. The number of ether oxygens (including phenoxy) is 1. The number of aryl methyl sites for hydroxylation is 1. The van der Waals surface area contributed by atoms with Crippen LogP contribution >= 0.6 is 38.6 Å². The van der Waals surface area contributed by atoms with Gasteiger partial charge >= 0.3 is 0 Å². The van der Waals surface area contributed by atoms with E-state index in [9.17, 15) is 4.79 Å². The minimum absolute atomic E-state index is 0.0540. The van der Waals surface area contributed by atoms with Crippen LogP contribution in [0.3, 0.4) is 0 Å². The van der Waals surface area contributed by atoms with Gasteiger partial charge in [0.25, 0.3) is 0 Å². The third kappa shape index (κ3) is 2.21. The van der Waals surface area contributed by atoms with E-state index in [4.69, 9.17) is 4.74 Å². The first kappa shape index (κ1) is 11.8. The molecule has 2 nitrogen and oxygen atoms in total. The molecule has 0 aromatic carbocycles. The Morgan fingerprint density at radius 1 is 1.44 bits per heavy atom. The lowest BCUT2D eigenvalue weighted by atomic mass is 10.2. The number of ketones is 1. The maximum atomic E-state index is 12.1. The molecule has 16 heavy (non-hydrogen) atoms. The van der Waals surface area contributed by atoms with Crippen molar-refractivity contribution in [2.45, 2.75) is 6.92 Å². The van der Waals surface area contributed by atoms with Gasteiger partial charge in [-0.2, -0.15) is 0 Å². The zero-order valence-corrected chi connectivity index (χ0v) is 12.0. The van der Waals surface area contributed by atoms with E-state index < -0.39 is 0 Å². The van der Waals surface area contributed by atoms with E-state index in [1.165, 1.54) is 22.7 Å². The van der Waals surface area contributed by atoms with Crippen LogP contribution in [-0.2, 0) is 0 Å². The first-order chi connectivity index (χ1) is 7.61. The third-order valence-corrected chi connectivity index (χ3v) is 4.90. The van der Waals surface area contributed by atoms with Gasteiger partial charge < -0.3 is 4.74 Å². The number of hydrogen-bond donors (Lipinski definition) is 0. The Bertz CT molecular complexity index is 528. The van der Waals surface area contributed by atoms with Crippen LogP contribution in [0.25, 0.3) is 0 Å². The summed E-state index contributed by atoms with van der Waals surface area (Å²) in [5.41, 5.74) is 0. The molecule has 2 aromatic rings. The average molecular weight is 317 g/mol. The number of thiophene rings is 2. The summed E-state index contributed by atoms with van der Waals surface area (Å²) in [7, 11) is 1.60. The minimum atomic E-state index is 0.0540. The van der Waals surface area contributed by atoms with Crippen LogP contribution in [0.5, 0.6) is 5.75 Å². The van der Waals surface area contributed by atoms with Crippen molar-refractivity contribution in [2.75, 3.05) is 7.11 Å². The summed E-state index contributed by atoms with van der Waals surface area (Å²) in [6.07, 6.45) is 0. The van der Waals surface area contributed by atoms with E-state index in [-0.39, 0.29) is 5.78 Å². The Hall–Kier alpha value is -0.650. The lowest BCUT2D eigenvalue weighted by Gasteiger charge is -1.94. The monoisotopic (exact) mass is 316 g/mol. The molecule has 0 aliphatic carbocycles. The van der Waals surface area contributed by atoms with E-state index in [1.807, 2.05) is 18.4 Å². The Kier molecular flexibility index (Phi) is 3.47. The fourth-order valence-electron chi connectivity index (χ4n) is 1.29. The molecule has 0 bridgehead atoms. The van der Waals surface area contributed by atoms with Gasteiger partial charge in [0, 0.05) is 20.8 Å². The molecule has 0 amide bonds. The minimum Gasteiger partial charge on any atom is -0.496 e. The van der Waals surface area contributed by atoms with Crippen molar-refractivity contribution < 1.29 is 9.53 Å². The van der Waals surface area contributed by atoms with Gasteiger partial charge in [0.05, 0.1) is 16.9 Å². The molecular weight excluding hydrogens is 308 g/mol. The normalized spacial score (nSPS) is 10.4. The molecule has 0 atom stereocenters. The molecule has 0 unspecified atom stereocenters. The molecule has 84 valence electrons. The summed E-state index contributed by atoms with van der Waals surface area (Å²) in [6.45, 7) is 1.99. The summed E-state index contributed by atoms with van der Waals surface area (Å²) < 4.78 is 5.93. The molecule has 0 radical (unpaired) electrons. The van der Waals surface area contributed by atoms with E-state index in [0.717, 1.165) is 20.0 Å². The van der Waals surface area contributed by atoms with E-state index >= 15 is 0 Å². The lowest BCUT2D eigenvalue weighted by Crippen LogP contribution is -1.95. The summed E-state index contributed by atoms with van der Waals surface area (Å²) in [5.74, 6) is 0.788.